The number of halogens is 2. The molecule has 0 fully saturated rings. The zero-order chi connectivity index (χ0) is 12.2. The molecule has 0 amide bonds. The molecule has 3 nitrogen and oxygen atoms in total. The summed E-state index contributed by atoms with van der Waals surface area (Å²) < 4.78 is 27.8. The van der Waals surface area contributed by atoms with Gasteiger partial charge in [-0.3, -0.25) is 4.79 Å². The van der Waals surface area contributed by atoms with Gasteiger partial charge in [-0.25, -0.2) is 0 Å². The summed E-state index contributed by atoms with van der Waals surface area (Å²) in [6.07, 6.45) is 0. The number of rotatable bonds is 5. The molecule has 1 aromatic rings. The molecular weight excluding hydrogens is 216 g/mol. The van der Waals surface area contributed by atoms with Crippen molar-refractivity contribution in [3.05, 3.63) is 35.9 Å². The Morgan fingerprint density at radius 2 is 2.00 bits per heavy atom. The summed E-state index contributed by atoms with van der Waals surface area (Å²) in [5.74, 6) is -0.422. The van der Waals surface area contributed by atoms with Gasteiger partial charge in [0.2, 0.25) is 0 Å². The van der Waals surface area contributed by atoms with Crippen molar-refractivity contribution >= 4 is 5.78 Å². The molecule has 0 saturated heterocycles. The number of benzene rings is 1. The minimum absolute atomic E-state index is 0.380. The van der Waals surface area contributed by atoms with Crippen LogP contribution in [0.25, 0.3) is 0 Å². The summed E-state index contributed by atoms with van der Waals surface area (Å²) in [6.45, 7) is -2.07. The lowest BCUT2D eigenvalue weighted by Gasteiger charge is -2.22. The summed E-state index contributed by atoms with van der Waals surface area (Å²) in [6, 6.07) is 8.26. The fraction of sp³-hybridized carbons (Fsp3) is 0.364. The Balaban J connectivity index is 2.72. The third kappa shape index (κ3) is 3.36. The van der Waals surface area contributed by atoms with Crippen LogP contribution in [-0.4, -0.2) is 24.5 Å². The Bertz CT molecular complexity index is 352. The van der Waals surface area contributed by atoms with Crippen molar-refractivity contribution in [2.24, 2.45) is 5.73 Å². The number of ether oxygens (including phenoxy) is 1. The molecule has 88 valence electrons. The second-order valence-electron chi connectivity index (χ2n) is 3.68. The maximum atomic E-state index is 11.8. The van der Waals surface area contributed by atoms with E-state index in [1.54, 1.807) is 30.3 Å². The van der Waals surface area contributed by atoms with Gasteiger partial charge in [-0.1, -0.05) is 30.3 Å². The van der Waals surface area contributed by atoms with Crippen molar-refractivity contribution in [3.63, 3.8) is 0 Å². The number of Topliss-reactive ketones (excluding diaryl/α,β-unsaturated/α-hetero) is 1. The Kier molecular flexibility index (Phi) is 4.09. The minimum Gasteiger partial charge on any atom is -0.321 e. The summed E-state index contributed by atoms with van der Waals surface area (Å²) >= 11 is 0. The second-order valence-corrected chi connectivity index (χ2v) is 3.68. The number of alkyl halides is 2. The lowest BCUT2D eigenvalue weighted by atomic mass is 9.93. The van der Waals surface area contributed by atoms with E-state index in [1.807, 2.05) is 0 Å². The van der Waals surface area contributed by atoms with Crippen LogP contribution in [0.3, 0.4) is 0 Å². The number of ketones is 1. The van der Waals surface area contributed by atoms with E-state index in [1.165, 1.54) is 6.92 Å². The first-order chi connectivity index (χ1) is 7.43. The lowest BCUT2D eigenvalue weighted by Crippen LogP contribution is -2.49. The molecule has 16 heavy (non-hydrogen) atoms. The van der Waals surface area contributed by atoms with Crippen LogP contribution in [-0.2, 0) is 4.74 Å². The molecule has 2 N–H and O–H groups in total. The molecule has 1 unspecified atom stereocenters. The number of nitrogens with two attached hydrogens (primary N) is 1. The second kappa shape index (κ2) is 5.14. The van der Waals surface area contributed by atoms with Crippen molar-refractivity contribution < 1.29 is 18.3 Å². The molecule has 1 rings (SSSR count). The van der Waals surface area contributed by atoms with Crippen molar-refractivity contribution in [2.75, 3.05) is 6.61 Å². The quantitative estimate of drug-likeness (QED) is 0.783. The van der Waals surface area contributed by atoms with E-state index in [9.17, 15) is 13.6 Å². The molecule has 0 aliphatic heterocycles. The van der Waals surface area contributed by atoms with E-state index in [2.05, 4.69) is 4.74 Å². The largest absolute Gasteiger partial charge is 0.345 e. The molecule has 1 aromatic carbocycles. The molecule has 0 spiro atoms. The van der Waals surface area contributed by atoms with Gasteiger partial charge in [0.05, 0.1) is 6.61 Å². The maximum Gasteiger partial charge on any atom is 0.345 e. The van der Waals surface area contributed by atoms with Crippen LogP contribution in [0, 0.1) is 0 Å². The lowest BCUT2D eigenvalue weighted by molar-refractivity contribution is -0.136. The SMILES string of the molecule is CC(N)(COC(F)F)C(=O)c1ccccc1. The molecule has 0 aliphatic carbocycles. The molecule has 0 heterocycles. The average molecular weight is 229 g/mol. The Morgan fingerprint density at radius 1 is 1.44 bits per heavy atom. The first kappa shape index (κ1) is 12.7. The highest BCUT2D eigenvalue weighted by atomic mass is 19.3. The van der Waals surface area contributed by atoms with Crippen molar-refractivity contribution in [3.8, 4) is 0 Å². The maximum absolute atomic E-state index is 11.8. The Morgan fingerprint density at radius 3 is 2.50 bits per heavy atom. The first-order valence-corrected chi connectivity index (χ1v) is 4.72. The number of carbonyl (C=O) groups is 1. The summed E-state index contributed by atoms with van der Waals surface area (Å²) in [5.41, 5.74) is 4.57. The highest BCUT2D eigenvalue weighted by molar-refractivity contribution is 6.02. The summed E-state index contributed by atoms with van der Waals surface area (Å²) in [7, 11) is 0. The van der Waals surface area contributed by atoms with Crippen LogP contribution in [0.1, 0.15) is 17.3 Å². The zero-order valence-corrected chi connectivity index (χ0v) is 8.82. The third-order valence-electron chi connectivity index (χ3n) is 2.06. The van der Waals surface area contributed by atoms with Crippen molar-refractivity contribution in [1.82, 2.24) is 0 Å². The van der Waals surface area contributed by atoms with Crippen molar-refractivity contribution in [2.45, 2.75) is 19.1 Å². The van der Waals surface area contributed by atoms with Gasteiger partial charge in [0.25, 0.3) is 0 Å². The van der Waals surface area contributed by atoms with Crippen LogP contribution in [0.15, 0.2) is 30.3 Å². The predicted molar refractivity (Wildman–Crippen MR) is 55.3 cm³/mol. The molecule has 1 atom stereocenters. The van der Waals surface area contributed by atoms with E-state index in [0.29, 0.717) is 5.56 Å². The fourth-order valence-electron chi connectivity index (χ4n) is 1.22. The number of carbonyl (C=O) groups excluding carboxylic acids is 1. The van der Waals surface area contributed by atoms with Crippen molar-refractivity contribution in [1.29, 1.82) is 0 Å². The third-order valence-corrected chi connectivity index (χ3v) is 2.06. The van der Waals surface area contributed by atoms with Crippen LogP contribution in [0.2, 0.25) is 0 Å². The van der Waals surface area contributed by atoms with Crippen LogP contribution < -0.4 is 5.73 Å². The minimum atomic E-state index is -2.92. The van der Waals surface area contributed by atoms with E-state index in [4.69, 9.17) is 5.73 Å². The molecule has 0 aliphatic rings. The molecule has 5 heteroatoms. The molecule has 0 bridgehead atoms. The highest BCUT2D eigenvalue weighted by Gasteiger charge is 2.30. The monoisotopic (exact) mass is 229 g/mol. The molecule has 0 radical (unpaired) electrons. The fourth-order valence-corrected chi connectivity index (χ4v) is 1.22. The smallest absolute Gasteiger partial charge is 0.321 e. The van der Waals surface area contributed by atoms with Gasteiger partial charge in [0.1, 0.15) is 5.54 Å². The highest BCUT2D eigenvalue weighted by Crippen LogP contribution is 2.12. The van der Waals surface area contributed by atoms with Crippen LogP contribution in [0.5, 0.6) is 0 Å². The zero-order valence-electron chi connectivity index (χ0n) is 8.82. The Hall–Kier alpha value is -1.33. The predicted octanol–water partition coefficient (Wildman–Crippen LogP) is 1.83. The Labute approximate surface area is 92.2 Å². The van der Waals surface area contributed by atoms with E-state index in [0.717, 1.165) is 0 Å². The molecule has 0 aromatic heterocycles. The average Bonchev–Trinajstić information content (AvgIpc) is 2.27. The van der Waals surface area contributed by atoms with Gasteiger partial charge >= 0.3 is 6.61 Å². The number of hydrogen-bond acceptors (Lipinski definition) is 3. The standard InChI is InChI=1S/C11H13F2NO2/c1-11(14,7-16-10(12)13)9(15)8-5-3-2-4-6-8/h2-6,10H,7,14H2,1H3. The van der Waals surface area contributed by atoms with Gasteiger partial charge < -0.3 is 10.5 Å². The van der Waals surface area contributed by atoms with Gasteiger partial charge in [0, 0.05) is 5.56 Å². The van der Waals surface area contributed by atoms with Crippen LogP contribution >= 0.6 is 0 Å². The van der Waals surface area contributed by atoms with Gasteiger partial charge in [-0.15, -0.1) is 0 Å². The normalized spacial score (nSPS) is 14.8. The molecular formula is C11H13F2NO2. The van der Waals surface area contributed by atoms with Gasteiger partial charge in [0.15, 0.2) is 5.78 Å². The first-order valence-electron chi connectivity index (χ1n) is 4.72. The summed E-state index contributed by atoms with van der Waals surface area (Å²) in [5, 5.41) is 0. The van der Waals surface area contributed by atoms with Gasteiger partial charge in [-0.2, -0.15) is 8.78 Å². The van der Waals surface area contributed by atoms with E-state index < -0.39 is 24.5 Å². The van der Waals surface area contributed by atoms with E-state index in [-0.39, 0.29) is 0 Å². The van der Waals surface area contributed by atoms with Gasteiger partial charge in [-0.05, 0) is 6.92 Å². The topological polar surface area (TPSA) is 52.3 Å². The number of hydrogen-bond donors (Lipinski definition) is 1. The summed E-state index contributed by atoms with van der Waals surface area (Å²) in [4.78, 5) is 11.8. The molecule has 0 saturated carbocycles. The van der Waals surface area contributed by atoms with E-state index >= 15 is 0 Å². The van der Waals surface area contributed by atoms with Crippen LogP contribution in [0.4, 0.5) is 8.78 Å².